The van der Waals surface area contributed by atoms with Crippen molar-refractivity contribution < 1.29 is 9.47 Å². The summed E-state index contributed by atoms with van der Waals surface area (Å²) in [5, 5.41) is 0.666. The Balaban J connectivity index is 2.09. The van der Waals surface area contributed by atoms with E-state index in [1.165, 1.54) is 12.8 Å². The standard InChI is InChI=1S/C18H28ClNO2/c1-3-7-22-18-15(10-16(20)4-2)8-14(9-17(18)19)12-21-11-13-5-6-13/h8-9,13,16H,3-7,10-12,20H2,1-2H3. The van der Waals surface area contributed by atoms with E-state index in [1.807, 2.05) is 6.07 Å². The number of rotatable bonds is 10. The van der Waals surface area contributed by atoms with Gasteiger partial charge in [0.1, 0.15) is 5.75 Å². The Morgan fingerprint density at radius 1 is 1.32 bits per heavy atom. The van der Waals surface area contributed by atoms with Crippen LogP contribution in [0.4, 0.5) is 0 Å². The van der Waals surface area contributed by atoms with Crippen LogP contribution in [0.5, 0.6) is 5.75 Å². The molecule has 1 fully saturated rings. The van der Waals surface area contributed by atoms with Crippen LogP contribution < -0.4 is 10.5 Å². The summed E-state index contributed by atoms with van der Waals surface area (Å²) in [5.41, 5.74) is 8.32. The minimum Gasteiger partial charge on any atom is -0.492 e. The SMILES string of the molecule is CCCOc1c(Cl)cc(COCC2CC2)cc1CC(N)CC. The number of nitrogens with two attached hydrogens (primary N) is 1. The van der Waals surface area contributed by atoms with Crippen molar-refractivity contribution in [1.82, 2.24) is 0 Å². The van der Waals surface area contributed by atoms with Gasteiger partial charge in [0.05, 0.1) is 18.2 Å². The van der Waals surface area contributed by atoms with Gasteiger partial charge in [-0.1, -0.05) is 25.4 Å². The molecule has 1 atom stereocenters. The fourth-order valence-corrected chi connectivity index (χ4v) is 2.68. The molecule has 1 aliphatic rings. The molecular formula is C18H28ClNO2. The molecule has 22 heavy (non-hydrogen) atoms. The van der Waals surface area contributed by atoms with Crippen LogP contribution in [0, 0.1) is 5.92 Å². The summed E-state index contributed by atoms with van der Waals surface area (Å²) in [6.07, 6.45) is 5.29. The molecule has 0 radical (unpaired) electrons. The minimum absolute atomic E-state index is 0.127. The van der Waals surface area contributed by atoms with Crippen LogP contribution >= 0.6 is 11.6 Å². The number of ether oxygens (including phenoxy) is 2. The van der Waals surface area contributed by atoms with Crippen molar-refractivity contribution in [3.63, 3.8) is 0 Å². The Labute approximate surface area is 139 Å². The maximum Gasteiger partial charge on any atom is 0.141 e. The van der Waals surface area contributed by atoms with Crippen molar-refractivity contribution in [2.24, 2.45) is 11.7 Å². The minimum atomic E-state index is 0.127. The van der Waals surface area contributed by atoms with E-state index < -0.39 is 0 Å². The van der Waals surface area contributed by atoms with Gasteiger partial charge in [0, 0.05) is 12.6 Å². The summed E-state index contributed by atoms with van der Waals surface area (Å²) < 4.78 is 11.6. The quantitative estimate of drug-likeness (QED) is 0.696. The number of halogens is 1. The van der Waals surface area contributed by atoms with Crippen LogP contribution in [0.2, 0.25) is 5.02 Å². The Hall–Kier alpha value is -0.770. The largest absolute Gasteiger partial charge is 0.492 e. The first kappa shape index (κ1) is 17.6. The predicted molar refractivity (Wildman–Crippen MR) is 91.6 cm³/mol. The monoisotopic (exact) mass is 325 g/mol. The maximum absolute atomic E-state index is 6.43. The lowest BCUT2D eigenvalue weighted by Gasteiger charge is -2.17. The normalized spacial score (nSPS) is 15.8. The number of hydrogen-bond acceptors (Lipinski definition) is 3. The van der Waals surface area contributed by atoms with Crippen molar-refractivity contribution in [2.45, 2.75) is 58.6 Å². The number of benzene rings is 1. The van der Waals surface area contributed by atoms with Crippen LogP contribution in [0.25, 0.3) is 0 Å². The highest BCUT2D eigenvalue weighted by molar-refractivity contribution is 6.32. The lowest BCUT2D eigenvalue weighted by atomic mass is 10.0. The molecular weight excluding hydrogens is 298 g/mol. The first-order valence-corrected chi connectivity index (χ1v) is 8.79. The molecule has 3 nitrogen and oxygen atoms in total. The second kappa shape index (κ2) is 8.76. The van der Waals surface area contributed by atoms with Crippen LogP contribution in [-0.2, 0) is 17.8 Å². The van der Waals surface area contributed by atoms with Crippen LogP contribution in [0.3, 0.4) is 0 Å². The molecule has 0 aliphatic heterocycles. The molecule has 4 heteroatoms. The Morgan fingerprint density at radius 3 is 2.73 bits per heavy atom. The average Bonchev–Trinajstić information content (AvgIpc) is 3.30. The van der Waals surface area contributed by atoms with Crippen LogP contribution in [-0.4, -0.2) is 19.3 Å². The van der Waals surface area contributed by atoms with E-state index in [9.17, 15) is 0 Å². The van der Waals surface area contributed by atoms with Crippen molar-refractivity contribution in [2.75, 3.05) is 13.2 Å². The van der Waals surface area contributed by atoms with Gasteiger partial charge in [-0.15, -0.1) is 0 Å². The number of hydrogen-bond donors (Lipinski definition) is 1. The molecule has 1 aromatic rings. The first-order valence-electron chi connectivity index (χ1n) is 8.41. The van der Waals surface area contributed by atoms with Gasteiger partial charge >= 0.3 is 0 Å². The van der Waals surface area contributed by atoms with E-state index in [-0.39, 0.29) is 6.04 Å². The molecule has 0 amide bonds. The third kappa shape index (κ3) is 5.45. The summed E-state index contributed by atoms with van der Waals surface area (Å²) in [4.78, 5) is 0. The molecule has 0 saturated heterocycles. The fourth-order valence-electron chi connectivity index (χ4n) is 2.37. The van der Waals surface area contributed by atoms with Gasteiger partial charge < -0.3 is 15.2 Å². The third-order valence-electron chi connectivity index (χ3n) is 3.96. The van der Waals surface area contributed by atoms with Gasteiger partial charge in [0.2, 0.25) is 0 Å². The zero-order valence-electron chi connectivity index (χ0n) is 13.7. The van der Waals surface area contributed by atoms with Crippen LogP contribution in [0.1, 0.15) is 50.7 Å². The zero-order valence-corrected chi connectivity index (χ0v) is 14.5. The fraction of sp³-hybridized carbons (Fsp3) is 0.667. The van der Waals surface area contributed by atoms with Crippen LogP contribution in [0.15, 0.2) is 12.1 Å². The summed E-state index contributed by atoms with van der Waals surface area (Å²) in [5.74, 6) is 1.56. The topological polar surface area (TPSA) is 44.5 Å². The second-order valence-electron chi connectivity index (χ2n) is 6.25. The van der Waals surface area contributed by atoms with Crippen molar-refractivity contribution >= 4 is 11.6 Å². The Kier molecular flexibility index (Phi) is 7.00. The third-order valence-corrected chi connectivity index (χ3v) is 4.24. The lowest BCUT2D eigenvalue weighted by molar-refractivity contribution is 0.111. The van der Waals surface area contributed by atoms with Crippen molar-refractivity contribution in [3.05, 3.63) is 28.3 Å². The predicted octanol–water partition coefficient (Wildman–Crippen LogP) is 4.34. The van der Waals surface area contributed by atoms with Gasteiger partial charge in [-0.3, -0.25) is 0 Å². The molecule has 0 aromatic heterocycles. The van der Waals surface area contributed by atoms with Gasteiger partial charge in [-0.05, 0) is 61.3 Å². The summed E-state index contributed by atoms with van der Waals surface area (Å²) in [7, 11) is 0. The molecule has 2 rings (SSSR count). The summed E-state index contributed by atoms with van der Waals surface area (Å²) in [6.45, 7) is 6.33. The van der Waals surface area contributed by atoms with Gasteiger partial charge in [-0.2, -0.15) is 0 Å². The molecule has 0 bridgehead atoms. The van der Waals surface area contributed by atoms with E-state index in [1.54, 1.807) is 0 Å². The Bertz CT molecular complexity index is 474. The maximum atomic E-state index is 6.43. The molecule has 0 heterocycles. The highest BCUT2D eigenvalue weighted by atomic mass is 35.5. The second-order valence-corrected chi connectivity index (χ2v) is 6.65. The van der Waals surface area contributed by atoms with E-state index in [0.717, 1.165) is 48.7 Å². The van der Waals surface area contributed by atoms with E-state index in [4.69, 9.17) is 26.8 Å². The molecule has 1 aromatic carbocycles. The molecule has 1 saturated carbocycles. The summed E-state index contributed by atoms with van der Waals surface area (Å²) >= 11 is 6.43. The van der Waals surface area contributed by atoms with E-state index >= 15 is 0 Å². The lowest BCUT2D eigenvalue weighted by Crippen LogP contribution is -2.22. The highest BCUT2D eigenvalue weighted by Gasteiger charge is 2.21. The van der Waals surface area contributed by atoms with Crippen molar-refractivity contribution in [3.8, 4) is 5.75 Å². The van der Waals surface area contributed by atoms with E-state index in [2.05, 4.69) is 19.9 Å². The molecule has 1 unspecified atom stereocenters. The average molecular weight is 326 g/mol. The molecule has 1 aliphatic carbocycles. The van der Waals surface area contributed by atoms with E-state index in [0.29, 0.717) is 18.2 Å². The van der Waals surface area contributed by atoms with Gasteiger partial charge in [0.15, 0.2) is 0 Å². The van der Waals surface area contributed by atoms with Crippen molar-refractivity contribution in [1.29, 1.82) is 0 Å². The first-order chi connectivity index (χ1) is 10.6. The van der Waals surface area contributed by atoms with Gasteiger partial charge in [0.25, 0.3) is 0 Å². The van der Waals surface area contributed by atoms with Gasteiger partial charge in [-0.25, -0.2) is 0 Å². The zero-order chi connectivity index (χ0) is 15.9. The highest BCUT2D eigenvalue weighted by Crippen LogP contribution is 2.33. The molecule has 2 N–H and O–H groups in total. The Morgan fingerprint density at radius 2 is 2.09 bits per heavy atom. The molecule has 0 spiro atoms. The smallest absolute Gasteiger partial charge is 0.141 e. The molecule has 124 valence electrons. The summed E-state index contributed by atoms with van der Waals surface area (Å²) in [6, 6.07) is 4.22.